The zero-order valence-electron chi connectivity index (χ0n) is 11.5. The number of nitrogens with one attached hydrogen (secondary N) is 1. The van der Waals surface area contributed by atoms with Gasteiger partial charge in [-0.3, -0.25) is 0 Å². The number of rotatable bonds is 7. The third kappa shape index (κ3) is 4.72. The monoisotopic (exact) mass is 251 g/mol. The average Bonchev–Trinajstić information content (AvgIpc) is 2.36. The standard InChI is InChI=1S/C15H25NS/c1-5-14(11-17-4)16-15(6-2)13-9-7-12(3)8-10-13/h7-10,14-16H,5-6,11H2,1-4H3. The van der Waals surface area contributed by atoms with E-state index in [0.717, 1.165) is 6.42 Å². The maximum Gasteiger partial charge on any atom is 0.0320 e. The van der Waals surface area contributed by atoms with E-state index in [1.165, 1.54) is 23.3 Å². The maximum absolute atomic E-state index is 3.77. The summed E-state index contributed by atoms with van der Waals surface area (Å²) in [5, 5.41) is 3.77. The molecule has 0 saturated heterocycles. The van der Waals surface area contributed by atoms with Crippen LogP contribution in [0.3, 0.4) is 0 Å². The Bertz CT molecular complexity index is 307. The zero-order chi connectivity index (χ0) is 12.7. The van der Waals surface area contributed by atoms with Gasteiger partial charge in [-0.1, -0.05) is 43.7 Å². The van der Waals surface area contributed by atoms with Crippen molar-refractivity contribution in [1.82, 2.24) is 5.32 Å². The first-order valence-corrected chi connectivity index (χ1v) is 7.92. The molecule has 17 heavy (non-hydrogen) atoms. The summed E-state index contributed by atoms with van der Waals surface area (Å²) in [6.07, 6.45) is 4.52. The van der Waals surface area contributed by atoms with Crippen molar-refractivity contribution in [2.45, 2.75) is 45.7 Å². The predicted octanol–water partition coefficient (Wildman–Crippen LogP) is 4.18. The summed E-state index contributed by atoms with van der Waals surface area (Å²) in [4.78, 5) is 0. The molecule has 96 valence electrons. The Morgan fingerprint density at radius 3 is 2.24 bits per heavy atom. The summed E-state index contributed by atoms with van der Waals surface area (Å²) in [6.45, 7) is 6.65. The molecule has 0 aliphatic heterocycles. The molecule has 0 fully saturated rings. The third-order valence-electron chi connectivity index (χ3n) is 3.19. The van der Waals surface area contributed by atoms with Crippen LogP contribution in [-0.2, 0) is 0 Å². The van der Waals surface area contributed by atoms with Gasteiger partial charge in [0.2, 0.25) is 0 Å². The number of benzene rings is 1. The highest BCUT2D eigenvalue weighted by Gasteiger charge is 2.13. The molecule has 1 nitrogen and oxygen atoms in total. The van der Waals surface area contributed by atoms with Gasteiger partial charge in [-0.25, -0.2) is 0 Å². The van der Waals surface area contributed by atoms with Gasteiger partial charge in [-0.15, -0.1) is 0 Å². The highest BCUT2D eigenvalue weighted by molar-refractivity contribution is 7.98. The molecule has 1 N–H and O–H groups in total. The molecule has 0 aliphatic carbocycles. The van der Waals surface area contributed by atoms with Gasteiger partial charge in [0, 0.05) is 17.8 Å². The lowest BCUT2D eigenvalue weighted by Crippen LogP contribution is -2.34. The summed E-state index contributed by atoms with van der Waals surface area (Å²) >= 11 is 1.92. The van der Waals surface area contributed by atoms with Crippen LogP contribution in [0.15, 0.2) is 24.3 Å². The topological polar surface area (TPSA) is 12.0 Å². The Kier molecular flexibility index (Phi) is 6.68. The second kappa shape index (κ2) is 7.78. The normalized spacial score (nSPS) is 14.6. The molecule has 0 saturated carbocycles. The van der Waals surface area contributed by atoms with Crippen LogP contribution in [0, 0.1) is 6.92 Å². The van der Waals surface area contributed by atoms with Gasteiger partial charge in [0.25, 0.3) is 0 Å². The zero-order valence-corrected chi connectivity index (χ0v) is 12.3. The maximum atomic E-state index is 3.77. The lowest BCUT2D eigenvalue weighted by molar-refractivity contribution is 0.442. The van der Waals surface area contributed by atoms with Crippen LogP contribution in [0.5, 0.6) is 0 Å². The molecule has 0 bridgehead atoms. The largest absolute Gasteiger partial charge is 0.306 e. The SMILES string of the molecule is CCC(CSC)NC(CC)c1ccc(C)cc1. The summed E-state index contributed by atoms with van der Waals surface area (Å²) in [7, 11) is 0. The van der Waals surface area contributed by atoms with E-state index in [-0.39, 0.29) is 0 Å². The molecule has 2 atom stereocenters. The van der Waals surface area contributed by atoms with E-state index < -0.39 is 0 Å². The van der Waals surface area contributed by atoms with E-state index in [0.29, 0.717) is 12.1 Å². The van der Waals surface area contributed by atoms with Crippen molar-refractivity contribution in [2.75, 3.05) is 12.0 Å². The molecule has 2 unspecified atom stereocenters. The van der Waals surface area contributed by atoms with E-state index in [9.17, 15) is 0 Å². The van der Waals surface area contributed by atoms with Gasteiger partial charge >= 0.3 is 0 Å². The lowest BCUT2D eigenvalue weighted by Gasteiger charge is -2.24. The van der Waals surface area contributed by atoms with E-state index in [2.05, 4.69) is 56.6 Å². The average molecular weight is 251 g/mol. The van der Waals surface area contributed by atoms with Crippen LogP contribution in [0.1, 0.15) is 43.9 Å². The quantitative estimate of drug-likeness (QED) is 0.780. The number of aryl methyl sites for hydroxylation is 1. The van der Waals surface area contributed by atoms with Crippen LogP contribution in [0.4, 0.5) is 0 Å². The molecule has 1 rings (SSSR count). The van der Waals surface area contributed by atoms with Crippen molar-refractivity contribution >= 4 is 11.8 Å². The first kappa shape index (κ1) is 14.6. The fraction of sp³-hybridized carbons (Fsp3) is 0.600. The Balaban J connectivity index is 2.67. The Morgan fingerprint density at radius 1 is 1.12 bits per heavy atom. The summed E-state index contributed by atoms with van der Waals surface area (Å²) < 4.78 is 0. The molecular weight excluding hydrogens is 226 g/mol. The third-order valence-corrected chi connectivity index (χ3v) is 3.92. The molecule has 0 aliphatic rings. The van der Waals surface area contributed by atoms with Gasteiger partial charge < -0.3 is 5.32 Å². The molecule has 0 radical (unpaired) electrons. The van der Waals surface area contributed by atoms with Crippen LogP contribution in [0.2, 0.25) is 0 Å². The molecule has 0 heterocycles. The van der Waals surface area contributed by atoms with E-state index in [4.69, 9.17) is 0 Å². The van der Waals surface area contributed by atoms with Gasteiger partial charge in [0.05, 0.1) is 0 Å². The minimum absolute atomic E-state index is 0.493. The predicted molar refractivity (Wildman–Crippen MR) is 79.8 cm³/mol. The highest BCUT2D eigenvalue weighted by atomic mass is 32.2. The summed E-state index contributed by atoms with van der Waals surface area (Å²) in [5.74, 6) is 1.19. The second-order valence-electron chi connectivity index (χ2n) is 4.60. The smallest absolute Gasteiger partial charge is 0.0320 e. The Morgan fingerprint density at radius 2 is 1.76 bits per heavy atom. The van der Waals surface area contributed by atoms with Crippen LogP contribution >= 0.6 is 11.8 Å². The minimum Gasteiger partial charge on any atom is -0.306 e. The number of hydrogen-bond donors (Lipinski definition) is 1. The molecule has 1 aromatic rings. The highest BCUT2D eigenvalue weighted by Crippen LogP contribution is 2.19. The Labute approximate surface area is 110 Å². The number of hydrogen-bond acceptors (Lipinski definition) is 2. The fourth-order valence-electron chi connectivity index (χ4n) is 2.02. The van der Waals surface area contributed by atoms with Crippen molar-refractivity contribution in [3.63, 3.8) is 0 Å². The molecule has 1 aromatic carbocycles. The second-order valence-corrected chi connectivity index (χ2v) is 5.51. The van der Waals surface area contributed by atoms with Gasteiger partial charge in [0.15, 0.2) is 0 Å². The van der Waals surface area contributed by atoms with Crippen molar-refractivity contribution in [1.29, 1.82) is 0 Å². The van der Waals surface area contributed by atoms with E-state index in [1.807, 2.05) is 11.8 Å². The van der Waals surface area contributed by atoms with Gasteiger partial charge in [-0.05, 0) is 31.6 Å². The van der Waals surface area contributed by atoms with Crippen molar-refractivity contribution < 1.29 is 0 Å². The van der Waals surface area contributed by atoms with E-state index >= 15 is 0 Å². The summed E-state index contributed by atoms with van der Waals surface area (Å²) in [6, 6.07) is 10.0. The van der Waals surface area contributed by atoms with Crippen LogP contribution < -0.4 is 5.32 Å². The molecule has 2 heteroatoms. The lowest BCUT2D eigenvalue weighted by atomic mass is 10.0. The minimum atomic E-state index is 0.493. The Hall–Kier alpha value is -0.470. The van der Waals surface area contributed by atoms with Crippen LogP contribution in [0.25, 0.3) is 0 Å². The van der Waals surface area contributed by atoms with Gasteiger partial charge in [0.1, 0.15) is 0 Å². The first-order chi connectivity index (χ1) is 8.21. The van der Waals surface area contributed by atoms with Crippen molar-refractivity contribution in [3.8, 4) is 0 Å². The van der Waals surface area contributed by atoms with Gasteiger partial charge in [-0.2, -0.15) is 11.8 Å². The van der Waals surface area contributed by atoms with Crippen molar-refractivity contribution in [2.24, 2.45) is 0 Å². The number of thioether (sulfide) groups is 1. The van der Waals surface area contributed by atoms with Crippen LogP contribution in [-0.4, -0.2) is 18.1 Å². The molecule has 0 spiro atoms. The molecule has 0 amide bonds. The first-order valence-electron chi connectivity index (χ1n) is 6.52. The summed E-state index contributed by atoms with van der Waals surface area (Å²) in [5.41, 5.74) is 2.75. The molecule has 0 aromatic heterocycles. The fourth-order valence-corrected chi connectivity index (χ4v) is 2.75. The van der Waals surface area contributed by atoms with E-state index in [1.54, 1.807) is 0 Å². The van der Waals surface area contributed by atoms with Crippen molar-refractivity contribution in [3.05, 3.63) is 35.4 Å². The molecular formula is C15H25NS.